The lowest BCUT2D eigenvalue weighted by Crippen LogP contribution is -2.16. The summed E-state index contributed by atoms with van der Waals surface area (Å²) in [4.78, 5) is 4.11. The van der Waals surface area contributed by atoms with Gasteiger partial charge in [-0.2, -0.15) is 0 Å². The summed E-state index contributed by atoms with van der Waals surface area (Å²) in [5.74, 6) is 0.866. The first-order valence-corrected chi connectivity index (χ1v) is 6.77. The van der Waals surface area contributed by atoms with Crippen molar-refractivity contribution in [2.75, 3.05) is 19.8 Å². The van der Waals surface area contributed by atoms with Crippen LogP contribution in [0, 0.1) is 0 Å². The second-order valence-corrected chi connectivity index (χ2v) is 4.60. The second kappa shape index (κ2) is 7.34. The maximum absolute atomic E-state index is 5.71. The van der Waals surface area contributed by atoms with Gasteiger partial charge in [-0.3, -0.25) is 4.98 Å². The third-order valence-corrected chi connectivity index (χ3v) is 2.86. The van der Waals surface area contributed by atoms with Crippen molar-refractivity contribution in [1.29, 1.82) is 0 Å². The van der Waals surface area contributed by atoms with Gasteiger partial charge in [0.25, 0.3) is 0 Å². The fourth-order valence-electron chi connectivity index (χ4n) is 1.68. The first-order chi connectivity index (χ1) is 8.90. The normalized spacial score (nSPS) is 14.7. The summed E-state index contributed by atoms with van der Waals surface area (Å²) in [7, 11) is 0. The molecule has 1 heterocycles. The largest absolute Gasteiger partial charge is 0.489 e. The Labute approximate surface area is 109 Å². The number of pyridine rings is 1. The van der Waals surface area contributed by atoms with Crippen molar-refractivity contribution in [3.05, 3.63) is 24.0 Å². The van der Waals surface area contributed by atoms with Crippen LogP contribution in [0.3, 0.4) is 0 Å². The maximum atomic E-state index is 5.71. The van der Waals surface area contributed by atoms with Gasteiger partial charge >= 0.3 is 0 Å². The average molecular weight is 250 g/mol. The number of nitrogens with zero attached hydrogens (tertiary/aromatic N) is 1. The number of aromatic nitrogens is 1. The molecule has 1 aromatic rings. The van der Waals surface area contributed by atoms with E-state index in [0.717, 1.165) is 25.3 Å². The van der Waals surface area contributed by atoms with Crippen LogP contribution in [0.15, 0.2) is 18.5 Å². The minimum absolute atomic E-state index is 0.585. The SMILES string of the molecule is CCCOCCOc1cnccc1CNC1CC1. The van der Waals surface area contributed by atoms with Gasteiger partial charge in [0.1, 0.15) is 12.4 Å². The molecule has 0 bridgehead atoms. The summed E-state index contributed by atoms with van der Waals surface area (Å²) in [6, 6.07) is 2.72. The minimum Gasteiger partial charge on any atom is -0.489 e. The highest BCUT2D eigenvalue weighted by atomic mass is 16.5. The third-order valence-electron chi connectivity index (χ3n) is 2.86. The molecule has 0 amide bonds. The van der Waals surface area contributed by atoms with Gasteiger partial charge in [0.15, 0.2) is 0 Å². The molecule has 4 nitrogen and oxygen atoms in total. The van der Waals surface area contributed by atoms with Crippen molar-refractivity contribution in [1.82, 2.24) is 10.3 Å². The molecule has 0 unspecified atom stereocenters. The van der Waals surface area contributed by atoms with E-state index in [9.17, 15) is 0 Å². The molecule has 0 radical (unpaired) electrons. The van der Waals surface area contributed by atoms with Crippen molar-refractivity contribution >= 4 is 0 Å². The number of ether oxygens (including phenoxy) is 2. The summed E-state index contributed by atoms with van der Waals surface area (Å²) in [6.07, 6.45) is 7.23. The van der Waals surface area contributed by atoms with Crippen molar-refractivity contribution < 1.29 is 9.47 Å². The number of rotatable bonds is 9. The summed E-state index contributed by atoms with van der Waals surface area (Å²) in [6.45, 7) is 4.98. The van der Waals surface area contributed by atoms with E-state index in [-0.39, 0.29) is 0 Å². The molecule has 0 aromatic carbocycles. The summed E-state index contributed by atoms with van der Waals surface area (Å²) in [5.41, 5.74) is 1.17. The van der Waals surface area contributed by atoms with Crippen LogP contribution in [-0.4, -0.2) is 30.8 Å². The molecule has 1 aromatic heterocycles. The van der Waals surface area contributed by atoms with E-state index in [1.54, 1.807) is 6.20 Å². The fraction of sp³-hybridized carbons (Fsp3) is 0.643. The predicted octanol–water partition coefficient (Wildman–Crippen LogP) is 2.14. The average Bonchev–Trinajstić information content (AvgIpc) is 3.21. The van der Waals surface area contributed by atoms with Gasteiger partial charge in [-0.05, 0) is 25.3 Å². The molecule has 18 heavy (non-hydrogen) atoms. The molecule has 0 atom stereocenters. The summed E-state index contributed by atoms with van der Waals surface area (Å²) >= 11 is 0. The van der Waals surface area contributed by atoms with Crippen molar-refractivity contribution in [3.8, 4) is 5.75 Å². The van der Waals surface area contributed by atoms with Crippen molar-refractivity contribution in [2.24, 2.45) is 0 Å². The van der Waals surface area contributed by atoms with Crippen LogP contribution < -0.4 is 10.1 Å². The molecule has 2 rings (SSSR count). The summed E-state index contributed by atoms with van der Waals surface area (Å²) < 4.78 is 11.1. The molecule has 0 aliphatic heterocycles. The molecule has 1 saturated carbocycles. The number of nitrogens with one attached hydrogen (secondary N) is 1. The van der Waals surface area contributed by atoms with Gasteiger partial charge in [0, 0.05) is 31.0 Å². The van der Waals surface area contributed by atoms with Crippen LogP contribution in [0.25, 0.3) is 0 Å². The van der Waals surface area contributed by atoms with Gasteiger partial charge in [-0.1, -0.05) is 6.92 Å². The lowest BCUT2D eigenvalue weighted by Gasteiger charge is -2.11. The summed E-state index contributed by atoms with van der Waals surface area (Å²) in [5, 5.41) is 3.48. The Morgan fingerprint density at radius 1 is 1.33 bits per heavy atom. The van der Waals surface area contributed by atoms with E-state index in [2.05, 4.69) is 17.2 Å². The Morgan fingerprint density at radius 2 is 2.22 bits per heavy atom. The smallest absolute Gasteiger partial charge is 0.142 e. The van der Waals surface area contributed by atoms with E-state index in [0.29, 0.717) is 19.3 Å². The monoisotopic (exact) mass is 250 g/mol. The van der Waals surface area contributed by atoms with Crippen LogP contribution in [-0.2, 0) is 11.3 Å². The second-order valence-electron chi connectivity index (χ2n) is 4.60. The number of hydrogen-bond acceptors (Lipinski definition) is 4. The van der Waals surface area contributed by atoms with Gasteiger partial charge in [0.2, 0.25) is 0 Å². The molecule has 1 N–H and O–H groups in total. The van der Waals surface area contributed by atoms with E-state index < -0.39 is 0 Å². The first kappa shape index (κ1) is 13.3. The van der Waals surface area contributed by atoms with Crippen LogP contribution >= 0.6 is 0 Å². The highest BCUT2D eigenvalue weighted by Crippen LogP contribution is 2.21. The fourth-order valence-corrected chi connectivity index (χ4v) is 1.68. The zero-order valence-electron chi connectivity index (χ0n) is 11.0. The molecule has 4 heteroatoms. The Balaban J connectivity index is 1.74. The topological polar surface area (TPSA) is 43.4 Å². The molecule has 1 fully saturated rings. The zero-order valence-corrected chi connectivity index (χ0v) is 11.0. The van der Waals surface area contributed by atoms with Crippen molar-refractivity contribution in [2.45, 2.75) is 38.8 Å². The van der Waals surface area contributed by atoms with Gasteiger partial charge in [0.05, 0.1) is 12.8 Å². The lowest BCUT2D eigenvalue weighted by molar-refractivity contribution is 0.100. The van der Waals surface area contributed by atoms with Crippen molar-refractivity contribution in [3.63, 3.8) is 0 Å². The highest BCUT2D eigenvalue weighted by molar-refractivity contribution is 5.29. The van der Waals surface area contributed by atoms with Gasteiger partial charge in [-0.25, -0.2) is 0 Å². The van der Waals surface area contributed by atoms with E-state index >= 15 is 0 Å². The Kier molecular flexibility index (Phi) is 5.42. The molecule has 100 valence electrons. The Bertz CT molecular complexity index is 353. The van der Waals surface area contributed by atoms with Gasteiger partial charge in [-0.15, -0.1) is 0 Å². The predicted molar refractivity (Wildman–Crippen MR) is 70.7 cm³/mol. The van der Waals surface area contributed by atoms with E-state index in [4.69, 9.17) is 9.47 Å². The zero-order chi connectivity index (χ0) is 12.6. The third kappa shape index (κ3) is 4.63. The first-order valence-electron chi connectivity index (χ1n) is 6.77. The van der Waals surface area contributed by atoms with E-state index in [1.165, 1.54) is 18.4 Å². The molecule has 1 aliphatic carbocycles. The Morgan fingerprint density at radius 3 is 3.00 bits per heavy atom. The molecule has 0 saturated heterocycles. The molecule has 1 aliphatic rings. The van der Waals surface area contributed by atoms with Crippen LogP contribution in [0.4, 0.5) is 0 Å². The standard InChI is InChI=1S/C14H22N2O2/c1-2-7-17-8-9-18-14-11-15-6-5-12(14)10-16-13-3-4-13/h5-6,11,13,16H,2-4,7-10H2,1H3. The molecular formula is C14H22N2O2. The molecular weight excluding hydrogens is 228 g/mol. The lowest BCUT2D eigenvalue weighted by atomic mass is 10.2. The van der Waals surface area contributed by atoms with Crippen LogP contribution in [0.5, 0.6) is 5.75 Å². The quantitative estimate of drug-likeness (QED) is 0.682. The Hall–Kier alpha value is -1.13. The minimum atomic E-state index is 0.585. The maximum Gasteiger partial charge on any atom is 0.142 e. The molecule has 0 spiro atoms. The van der Waals surface area contributed by atoms with Gasteiger partial charge < -0.3 is 14.8 Å². The van der Waals surface area contributed by atoms with E-state index in [1.807, 2.05) is 12.3 Å². The number of hydrogen-bond donors (Lipinski definition) is 1. The highest BCUT2D eigenvalue weighted by Gasteiger charge is 2.20. The van der Waals surface area contributed by atoms with Crippen LogP contribution in [0.2, 0.25) is 0 Å². The van der Waals surface area contributed by atoms with Crippen LogP contribution in [0.1, 0.15) is 31.7 Å².